The number of hydrogen-bond acceptors (Lipinski definition) is 4. The molecule has 0 bridgehead atoms. The average molecular weight is 456 g/mol. The molecule has 4 nitrogen and oxygen atoms in total. The number of hydrogen-bond donors (Lipinski definition) is 0. The van der Waals surface area contributed by atoms with Gasteiger partial charge in [-0.3, -0.25) is 4.79 Å². The minimum atomic E-state index is -0.402. The molecule has 0 atom stereocenters. The Labute approximate surface area is 197 Å². The van der Waals surface area contributed by atoms with Crippen molar-refractivity contribution in [3.63, 3.8) is 0 Å². The number of methoxy groups -OCH3 is 1. The number of fused-ring (bicyclic) bond motifs is 1. The number of benzene rings is 3. The fourth-order valence-corrected chi connectivity index (χ4v) is 3.89. The molecule has 0 N–H and O–H groups in total. The number of carbonyl (C=O) groups is 2. The SMILES string of the molecule is C=C(c1cccc(C(=O)CCc2ccccc2C(=O)OC)c1)c1ccc2ccc(Cl)cc2n1. The highest BCUT2D eigenvalue weighted by atomic mass is 35.5. The van der Waals surface area contributed by atoms with Crippen molar-refractivity contribution in [2.45, 2.75) is 12.8 Å². The predicted molar refractivity (Wildman–Crippen MR) is 132 cm³/mol. The molecule has 164 valence electrons. The van der Waals surface area contributed by atoms with E-state index in [1.807, 2.05) is 60.7 Å². The predicted octanol–water partition coefficient (Wildman–Crippen LogP) is 6.55. The van der Waals surface area contributed by atoms with Crippen LogP contribution in [0.2, 0.25) is 5.02 Å². The van der Waals surface area contributed by atoms with E-state index in [-0.39, 0.29) is 12.2 Å². The van der Waals surface area contributed by atoms with Crippen molar-refractivity contribution in [1.82, 2.24) is 4.98 Å². The summed E-state index contributed by atoms with van der Waals surface area (Å²) in [5.41, 5.74) is 4.93. The van der Waals surface area contributed by atoms with Crippen LogP contribution in [0.3, 0.4) is 0 Å². The third-order valence-electron chi connectivity index (χ3n) is 5.54. The number of rotatable bonds is 7. The molecule has 0 spiro atoms. The average Bonchev–Trinajstić information content (AvgIpc) is 2.86. The highest BCUT2D eigenvalue weighted by Crippen LogP contribution is 2.25. The van der Waals surface area contributed by atoms with Gasteiger partial charge in [0.2, 0.25) is 0 Å². The molecule has 3 aromatic carbocycles. The highest BCUT2D eigenvalue weighted by molar-refractivity contribution is 6.31. The quantitative estimate of drug-likeness (QED) is 0.234. The maximum atomic E-state index is 12.9. The molecule has 0 saturated heterocycles. The van der Waals surface area contributed by atoms with E-state index in [2.05, 4.69) is 11.6 Å². The lowest BCUT2D eigenvalue weighted by Gasteiger charge is -2.10. The second kappa shape index (κ2) is 9.80. The number of halogens is 1. The third-order valence-corrected chi connectivity index (χ3v) is 5.78. The van der Waals surface area contributed by atoms with Gasteiger partial charge in [0.1, 0.15) is 0 Å². The molecule has 4 aromatic rings. The second-order valence-corrected chi connectivity index (χ2v) is 8.10. The van der Waals surface area contributed by atoms with Gasteiger partial charge in [0, 0.05) is 28.0 Å². The molecule has 0 radical (unpaired) electrons. The van der Waals surface area contributed by atoms with Gasteiger partial charge in [-0.05, 0) is 47.9 Å². The molecule has 1 aromatic heterocycles. The zero-order valence-electron chi connectivity index (χ0n) is 18.2. The third kappa shape index (κ3) is 5.02. The molecular weight excluding hydrogens is 434 g/mol. The Hall–Kier alpha value is -3.76. The first kappa shape index (κ1) is 22.4. The molecule has 0 unspecified atom stereocenters. The number of aromatic nitrogens is 1. The van der Waals surface area contributed by atoms with Crippen LogP contribution in [0.4, 0.5) is 0 Å². The Morgan fingerprint density at radius 3 is 2.52 bits per heavy atom. The van der Waals surface area contributed by atoms with E-state index >= 15 is 0 Å². The first-order valence-electron chi connectivity index (χ1n) is 10.5. The smallest absolute Gasteiger partial charge is 0.338 e. The molecular formula is C28H22ClNO3. The van der Waals surface area contributed by atoms with Gasteiger partial charge in [0.15, 0.2) is 5.78 Å². The van der Waals surface area contributed by atoms with Crippen molar-refractivity contribution in [1.29, 1.82) is 0 Å². The van der Waals surface area contributed by atoms with E-state index in [0.717, 1.165) is 33.3 Å². The molecule has 0 fully saturated rings. The number of Topliss-reactive ketones (excluding diaryl/α,β-unsaturated/α-hetero) is 1. The fraction of sp³-hybridized carbons (Fsp3) is 0.107. The van der Waals surface area contributed by atoms with Crippen molar-refractivity contribution in [3.05, 3.63) is 118 Å². The van der Waals surface area contributed by atoms with E-state index < -0.39 is 5.97 Å². The summed E-state index contributed by atoms with van der Waals surface area (Å²) in [6, 6.07) is 24.0. The summed E-state index contributed by atoms with van der Waals surface area (Å²) >= 11 is 6.11. The topological polar surface area (TPSA) is 56.3 Å². The second-order valence-electron chi connectivity index (χ2n) is 7.66. The fourth-order valence-electron chi connectivity index (χ4n) is 3.73. The lowest BCUT2D eigenvalue weighted by molar-refractivity contribution is 0.0599. The van der Waals surface area contributed by atoms with E-state index in [4.69, 9.17) is 16.3 Å². The van der Waals surface area contributed by atoms with Crippen molar-refractivity contribution < 1.29 is 14.3 Å². The minimum Gasteiger partial charge on any atom is -0.465 e. The Balaban J connectivity index is 1.53. The lowest BCUT2D eigenvalue weighted by Crippen LogP contribution is -2.08. The molecule has 0 aliphatic heterocycles. The first-order chi connectivity index (χ1) is 16.0. The first-order valence-corrected chi connectivity index (χ1v) is 10.9. The maximum absolute atomic E-state index is 12.9. The number of ketones is 1. The van der Waals surface area contributed by atoms with E-state index in [1.165, 1.54) is 7.11 Å². The summed E-state index contributed by atoms with van der Waals surface area (Å²) in [5.74, 6) is -0.414. The number of ether oxygens (including phenoxy) is 1. The van der Waals surface area contributed by atoms with E-state index in [0.29, 0.717) is 22.6 Å². The van der Waals surface area contributed by atoms with Crippen LogP contribution < -0.4 is 0 Å². The molecule has 0 aliphatic rings. The number of esters is 1. The van der Waals surface area contributed by atoms with Crippen LogP contribution in [0, 0.1) is 0 Å². The number of pyridine rings is 1. The standard InChI is InChI=1S/C28H22ClNO3/c1-18(25-14-11-20-10-13-23(29)17-26(20)30-25)21-7-5-8-22(16-21)27(31)15-12-19-6-3-4-9-24(19)28(32)33-2/h3-11,13-14,16-17H,1,12,15H2,2H3. The van der Waals surface area contributed by atoms with Crippen LogP contribution in [-0.4, -0.2) is 23.8 Å². The number of carbonyl (C=O) groups excluding carboxylic acids is 2. The summed E-state index contributed by atoms with van der Waals surface area (Å²) in [7, 11) is 1.35. The van der Waals surface area contributed by atoms with Crippen LogP contribution in [0.1, 0.15) is 44.0 Å². The van der Waals surface area contributed by atoms with Crippen molar-refractivity contribution in [2.24, 2.45) is 0 Å². The zero-order chi connectivity index (χ0) is 23.4. The van der Waals surface area contributed by atoms with Crippen molar-refractivity contribution in [3.8, 4) is 0 Å². The van der Waals surface area contributed by atoms with Gasteiger partial charge in [0.25, 0.3) is 0 Å². The summed E-state index contributed by atoms with van der Waals surface area (Å²) in [6.45, 7) is 4.20. The number of nitrogens with zero attached hydrogens (tertiary/aromatic N) is 1. The van der Waals surface area contributed by atoms with Crippen LogP contribution in [0.5, 0.6) is 0 Å². The van der Waals surface area contributed by atoms with Crippen LogP contribution in [0.25, 0.3) is 16.5 Å². The highest BCUT2D eigenvalue weighted by Gasteiger charge is 2.14. The summed E-state index contributed by atoms with van der Waals surface area (Å²) < 4.78 is 4.84. The van der Waals surface area contributed by atoms with Crippen LogP contribution in [0.15, 0.2) is 85.4 Å². The molecule has 0 saturated carbocycles. The largest absolute Gasteiger partial charge is 0.465 e. The Kier molecular flexibility index (Phi) is 6.66. The number of aryl methyl sites for hydroxylation is 1. The molecule has 4 rings (SSSR count). The van der Waals surface area contributed by atoms with Gasteiger partial charge >= 0.3 is 5.97 Å². The lowest BCUT2D eigenvalue weighted by atomic mass is 9.96. The monoisotopic (exact) mass is 455 g/mol. The molecule has 1 heterocycles. The normalized spacial score (nSPS) is 10.7. The van der Waals surface area contributed by atoms with Gasteiger partial charge in [-0.1, -0.05) is 66.7 Å². The van der Waals surface area contributed by atoms with Crippen molar-refractivity contribution >= 4 is 39.8 Å². The maximum Gasteiger partial charge on any atom is 0.338 e. The van der Waals surface area contributed by atoms with Crippen LogP contribution in [-0.2, 0) is 11.2 Å². The van der Waals surface area contributed by atoms with Gasteiger partial charge in [-0.2, -0.15) is 0 Å². The van der Waals surface area contributed by atoms with Crippen LogP contribution >= 0.6 is 11.6 Å². The molecule has 5 heteroatoms. The zero-order valence-corrected chi connectivity index (χ0v) is 18.9. The Morgan fingerprint density at radius 2 is 1.70 bits per heavy atom. The summed E-state index contributed by atoms with van der Waals surface area (Å²) in [4.78, 5) is 29.6. The molecule has 33 heavy (non-hydrogen) atoms. The molecule has 0 aliphatic carbocycles. The molecule has 0 amide bonds. The Morgan fingerprint density at radius 1 is 0.939 bits per heavy atom. The van der Waals surface area contributed by atoms with Gasteiger partial charge < -0.3 is 4.74 Å². The summed E-state index contributed by atoms with van der Waals surface area (Å²) in [6.07, 6.45) is 0.721. The van der Waals surface area contributed by atoms with E-state index in [1.54, 1.807) is 18.2 Å². The van der Waals surface area contributed by atoms with Gasteiger partial charge in [0.05, 0.1) is 23.9 Å². The Bertz CT molecular complexity index is 1380. The van der Waals surface area contributed by atoms with E-state index in [9.17, 15) is 9.59 Å². The van der Waals surface area contributed by atoms with Gasteiger partial charge in [-0.25, -0.2) is 9.78 Å². The van der Waals surface area contributed by atoms with Crippen molar-refractivity contribution in [2.75, 3.05) is 7.11 Å². The minimum absolute atomic E-state index is 0.0115. The summed E-state index contributed by atoms with van der Waals surface area (Å²) in [5, 5.41) is 1.62. The van der Waals surface area contributed by atoms with Gasteiger partial charge in [-0.15, -0.1) is 0 Å².